The quantitative estimate of drug-likeness (QED) is 0.368. The molecular formula is C16H35NO3. The first-order valence-corrected chi connectivity index (χ1v) is 8.36. The molecule has 0 aliphatic carbocycles. The fourth-order valence-corrected chi connectivity index (χ4v) is 2.37. The molecule has 0 amide bonds. The summed E-state index contributed by atoms with van der Waals surface area (Å²) in [5.74, 6) is -0.822. The van der Waals surface area contributed by atoms with Crippen LogP contribution in [0.2, 0.25) is 0 Å². The molecule has 0 aromatic rings. The van der Waals surface area contributed by atoms with Crippen molar-refractivity contribution in [2.24, 2.45) is 5.73 Å². The highest BCUT2D eigenvalue weighted by molar-refractivity contribution is 4.59. The summed E-state index contributed by atoms with van der Waals surface area (Å²) in [6.07, 6.45) is 9.37. The monoisotopic (exact) mass is 289 g/mol. The molecule has 0 bridgehead atoms. The van der Waals surface area contributed by atoms with Crippen molar-refractivity contribution in [1.82, 2.24) is 0 Å². The molecule has 0 fully saturated rings. The second-order valence-corrected chi connectivity index (χ2v) is 5.00. The maximum atomic E-state index is 5.71. The highest BCUT2D eigenvalue weighted by atomic mass is 16.9. The van der Waals surface area contributed by atoms with E-state index in [1.807, 2.05) is 20.8 Å². The summed E-state index contributed by atoms with van der Waals surface area (Å²) in [4.78, 5) is 0. The number of nitrogens with two attached hydrogens (primary N) is 1. The zero-order valence-electron chi connectivity index (χ0n) is 13.8. The van der Waals surface area contributed by atoms with Crippen molar-refractivity contribution in [3.63, 3.8) is 0 Å². The predicted molar refractivity (Wildman–Crippen MR) is 83.6 cm³/mol. The summed E-state index contributed by atoms with van der Waals surface area (Å²) in [5.41, 5.74) is 5.48. The Balaban J connectivity index is 3.82. The van der Waals surface area contributed by atoms with Crippen molar-refractivity contribution in [3.8, 4) is 0 Å². The molecule has 0 atom stereocenters. The lowest BCUT2D eigenvalue weighted by atomic mass is 10.1. The van der Waals surface area contributed by atoms with Crippen molar-refractivity contribution in [2.75, 3.05) is 26.4 Å². The SMILES string of the molecule is CCOC(CCCCCCCCCN)(OCC)OCC. The smallest absolute Gasteiger partial charge is 0.282 e. The van der Waals surface area contributed by atoms with Gasteiger partial charge in [-0.25, -0.2) is 0 Å². The highest BCUT2D eigenvalue weighted by Crippen LogP contribution is 2.24. The highest BCUT2D eigenvalue weighted by Gasteiger charge is 2.31. The van der Waals surface area contributed by atoms with Crippen molar-refractivity contribution in [1.29, 1.82) is 0 Å². The molecule has 0 unspecified atom stereocenters. The number of hydrogen-bond acceptors (Lipinski definition) is 4. The van der Waals surface area contributed by atoms with Gasteiger partial charge in [-0.15, -0.1) is 0 Å². The van der Waals surface area contributed by atoms with Crippen LogP contribution in [0.1, 0.15) is 72.1 Å². The standard InChI is InChI=1S/C16H35NO3/c1-4-18-16(19-5-2,20-6-3)14-12-10-8-7-9-11-13-15-17/h4-15,17H2,1-3H3. The fourth-order valence-electron chi connectivity index (χ4n) is 2.37. The number of rotatable bonds is 15. The third-order valence-corrected chi connectivity index (χ3v) is 3.28. The molecule has 0 aliphatic heterocycles. The van der Waals surface area contributed by atoms with Crippen LogP contribution in [0.3, 0.4) is 0 Å². The van der Waals surface area contributed by atoms with Crippen molar-refractivity contribution >= 4 is 0 Å². The predicted octanol–water partition coefficient (Wildman–Crippen LogP) is 3.83. The topological polar surface area (TPSA) is 53.7 Å². The zero-order valence-corrected chi connectivity index (χ0v) is 13.8. The molecule has 0 aromatic heterocycles. The van der Waals surface area contributed by atoms with E-state index in [0.29, 0.717) is 19.8 Å². The summed E-state index contributed by atoms with van der Waals surface area (Å²) in [7, 11) is 0. The van der Waals surface area contributed by atoms with Gasteiger partial charge in [0.05, 0.1) is 0 Å². The van der Waals surface area contributed by atoms with E-state index in [1.165, 1.54) is 32.1 Å². The lowest BCUT2D eigenvalue weighted by molar-refractivity contribution is -0.380. The maximum absolute atomic E-state index is 5.71. The number of ether oxygens (including phenoxy) is 3. The summed E-state index contributed by atoms with van der Waals surface area (Å²) in [6.45, 7) is 8.58. The molecule has 0 saturated carbocycles. The average molecular weight is 289 g/mol. The normalized spacial score (nSPS) is 12.0. The Morgan fingerprint density at radius 1 is 0.650 bits per heavy atom. The Labute approximate surface area is 125 Å². The van der Waals surface area contributed by atoms with Crippen LogP contribution in [0.4, 0.5) is 0 Å². The van der Waals surface area contributed by atoms with Gasteiger partial charge in [0, 0.05) is 26.2 Å². The van der Waals surface area contributed by atoms with E-state index in [4.69, 9.17) is 19.9 Å². The fraction of sp³-hybridized carbons (Fsp3) is 1.00. The van der Waals surface area contributed by atoms with Gasteiger partial charge in [-0.1, -0.05) is 32.1 Å². The van der Waals surface area contributed by atoms with Gasteiger partial charge in [-0.3, -0.25) is 0 Å². The zero-order chi connectivity index (χ0) is 15.1. The van der Waals surface area contributed by atoms with Gasteiger partial charge in [0.2, 0.25) is 0 Å². The molecule has 0 heterocycles. The first-order chi connectivity index (χ1) is 9.74. The second kappa shape index (κ2) is 13.8. The molecule has 0 aromatic carbocycles. The molecule has 4 heteroatoms. The molecule has 0 rings (SSSR count). The largest absolute Gasteiger partial charge is 0.330 e. The molecule has 4 nitrogen and oxygen atoms in total. The van der Waals surface area contributed by atoms with Gasteiger partial charge in [0.1, 0.15) is 0 Å². The van der Waals surface area contributed by atoms with Crippen LogP contribution in [0, 0.1) is 0 Å². The molecule has 122 valence electrons. The molecule has 0 spiro atoms. The maximum Gasteiger partial charge on any atom is 0.282 e. The van der Waals surface area contributed by atoms with Crippen LogP contribution in [-0.2, 0) is 14.2 Å². The van der Waals surface area contributed by atoms with E-state index in [2.05, 4.69) is 0 Å². The van der Waals surface area contributed by atoms with Gasteiger partial charge in [0.25, 0.3) is 5.97 Å². The van der Waals surface area contributed by atoms with Crippen LogP contribution in [0.15, 0.2) is 0 Å². The summed E-state index contributed by atoms with van der Waals surface area (Å²) in [6, 6.07) is 0. The number of unbranched alkanes of at least 4 members (excludes halogenated alkanes) is 6. The first-order valence-electron chi connectivity index (χ1n) is 8.36. The van der Waals surface area contributed by atoms with Gasteiger partial charge in [-0.2, -0.15) is 0 Å². The van der Waals surface area contributed by atoms with Crippen LogP contribution < -0.4 is 5.73 Å². The first kappa shape index (κ1) is 19.8. The third kappa shape index (κ3) is 9.70. The Kier molecular flexibility index (Phi) is 13.7. The summed E-state index contributed by atoms with van der Waals surface area (Å²) in [5, 5.41) is 0. The van der Waals surface area contributed by atoms with Crippen molar-refractivity contribution < 1.29 is 14.2 Å². The minimum Gasteiger partial charge on any atom is -0.330 e. The Bertz CT molecular complexity index is 183. The summed E-state index contributed by atoms with van der Waals surface area (Å²) < 4.78 is 17.1. The third-order valence-electron chi connectivity index (χ3n) is 3.28. The Morgan fingerprint density at radius 2 is 1.05 bits per heavy atom. The lowest BCUT2D eigenvalue weighted by Gasteiger charge is -2.32. The lowest BCUT2D eigenvalue weighted by Crippen LogP contribution is -2.39. The molecule has 0 radical (unpaired) electrons. The molecule has 2 N–H and O–H groups in total. The van der Waals surface area contributed by atoms with E-state index in [-0.39, 0.29) is 0 Å². The number of hydrogen-bond donors (Lipinski definition) is 1. The van der Waals surface area contributed by atoms with E-state index < -0.39 is 5.97 Å². The van der Waals surface area contributed by atoms with Gasteiger partial charge >= 0.3 is 0 Å². The van der Waals surface area contributed by atoms with Crippen LogP contribution in [0.5, 0.6) is 0 Å². The van der Waals surface area contributed by atoms with E-state index in [0.717, 1.165) is 25.8 Å². The van der Waals surface area contributed by atoms with E-state index >= 15 is 0 Å². The Morgan fingerprint density at radius 3 is 1.45 bits per heavy atom. The summed E-state index contributed by atoms with van der Waals surface area (Å²) >= 11 is 0. The van der Waals surface area contributed by atoms with Crippen molar-refractivity contribution in [2.45, 2.75) is 78.1 Å². The van der Waals surface area contributed by atoms with Crippen LogP contribution in [0.25, 0.3) is 0 Å². The Hall–Kier alpha value is -0.160. The van der Waals surface area contributed by atoms with Gasteiger partial charge in [0.15, 0.2) is 0 Å². The van der Waals surface area contributed by atoms with Gasteiger partial charge < -0.3 is 19.9 Å². The molecule has 0 aliphatic rings. The van der Waals surface area contributed by atoms with Crippen molar-refractivity contribution in [3.05, 3.63) is 0 Å². The minimum atomic E-state index is -0.822. The average Bonchev–Trinajstić information content (AvgIpc) is 2.43. The minimum absolute atomic E-state index is 0.610. The van der Waals surface area contributed by atoms with E-state index in [9.17, 15) is 0 Å². The molecular weight excluding hydrogens is 254 g/mol. The van der Waals surface area contributed by atoms with Gasteiger partial charge in [-0.05, 0) is 40.2 Å². The van der Waals surface area contributed by atoms with E-state index in [1.54, 1.807) is 0 Å². The molecule has 20 heavy (non-hydrogen) atoms. The van der Waals surface area contributed by atoms with Crippen LogP contribution in [-0.4, -0.2) is 32.3 Å². The molecule has 0 saturated heterocycles. The van der Waals surface area contributed by atoms with Crippen LogP contribution >= 0.6 is 0 Å². The second-order valence-electron chi connectivity index (χ2n) is 5.00.